The van der Waals surface area contributed by atoms with Crippen LogP contribution in [0.5, 0.6) is 5.75 Å². The third kappa shape index (κ3) is 6.98. The van der Waals surface area contributed by atoms with Crippen LogP contribution in [-0.2, 0) is 10.0 Å². The molecule has 210 valence electrons. The van der Waals surface area contributed by atoms with Crippen LogP contribution in [0.1, 0.15) is 16.8 Å². The highest BCUT2D eigenvalue weighted by Gasteiger charge is 2.22. The van der Waals surface area contributed by atoms with Gasteiger partial charge < -0.3 is 19.9 Å². The van der Waals surface area contributed by atoms with E-state index in [0.717, 1.165) is 13.0 Å². The third-order valence-electron chi connectivity index (χ3n) is 6.07. The molecule has 10 nitrogen and oxygen atoms in total. The lowest BCUT2D eigenvalue weighted by atomic mass is 10.2. The summed E-state index contributed by atoms with van der Waals surface area (Å²) in [7, 11) is 3.01. The Balaban J connectivity index is 1.65. The van der Waals surface area contributed by atoms with Gasteiger partial charge in [0.15, 0.2) is 11.6 Å². The average Bonchev–Trinajstić information content (AvgIpc) is 2.93. The number of fused-ring (bicyclic) bond motifs is 1. The number of benzene rings is 3. The van der Waals surface area contributed by atoms with Crippen LogP contribution in [0.4, 0.5) is 17.3 Å². The van der Waals surface area contributed by atoms with Crippen LogP contribution in [0.2, 0.25) is 5.02 Å². The standard InChI is InChI=1S/C28H31ClN6O4S/c1-34(2)15-8-16-35(3)28(36)19-9-7-10-21(17-19)40(37,38)33-27-26(30-23-11-5-6-12-24(23)31-27)32-25-18-20(39-4)13-14-22(25)29/h5-7,9-14,17-18H,8,15-16H2,1-4H3,(H,30,32)(H,31,33). The molecule has 1 aromatic heterocycles. The van der Waals surface area contributed by atoms with Gasteiger partial charge in [-0.2, -0.15) is 0 Å². The van der Waals surface area contributed by atoms with Gasteiger partial charge in [-0.25, -0.2) is 18.4 Å². The summed E-state index contributed by atoms with van der Waals surface area (Å²) in [6, 6.07) is 18.0. The summed E-state index contributed by atoms with van der Waals surface area (Å²) >= 11 is 6.38. The molecule has 0 aliphatic heterocycles. The molecule has 3 aromatic carbocycles. The molecule has 4 rings (SSSR count). The lowest BCUT2D eigenvalue weighted by molar-refractivity contribution is 0.0790. The first-order valence-corrected chi connectivity index (χ1v) is 14.3. The highest BCUT2D eigenvalue weighted by Crippen LogP contribution is 2.32. The number of rotatable bonds is 11. The Kier molecular flexibility index (Phi) is 9.08. The summed E-state index contributed by atoms with van der Waals surface area (Å²) in [5.74, 6) is 0.396. The number of ether oxygens (including phenoxy) is 1. The van der Waals surface area contributed by atoms with E-state index in [1.54, 1.807) is 54.4 Å². The Hall–Kier alpha value is -3.93. The molecule has 0 saturated carbocycles. The monoisotopic (exact) mass is 582 g/mol. The fourth-order valence-electron chi connectivity index (χ4n) is 3.94. The molecule has 2 N–H and O–H groups in total. The molecule has 0 saturated heterocycles. The highest BCUT2D eigenvalue weighted by molar-refractivity contribution is 7.92. The van der Waals surface area contributed by atoms with E-state index in [2.05, 4.69) is 20.0 Å². The number of halogens is 1. The number of hydrogen-bond donors (Lipinski definition) is 2. The number of sulfonamides is 1. The fourth-order valence-corrected chi connectivity index (χ4v) is 5.16. The first-order chi connectivity index (χ1) is 19.1. The zero-order valence-electron chi connectivity index (χ0n) is 22.7. The van der Waals surface area contributed by atoms with Crippen molar-refractivity contribution in [3.8, 4) is 5.75 Å². The van der Waals surface area contributed by atoms with E-state index in [9.17, 15) is 13.2 Å². The maximum atomic E-state index is 13.5. The van der Waals surface area contributed by atoms with E-state index in [1.165, 1.54) is 25.3 Å². The lowest BCUT2D eigenvalue weighted by Crippen LogP contribution is -2.30. The van der Waals surface area contributed by atoms with E-state index in [4.69, 9.17) is 16.3 Å². The van der Waals surface area contributed by atoms with Gasteiger partial charge in [-0.1, -0.05) is 29.8 Å². The molecule has 0 aliphatic rings. The van der Waals surface area contributed by atoms with Gasteiger partial charge in [-0.15, -0.1) is 0 Å². The van der Waals surface area contributed by atoms with Gasteiger partial charge in [0.25, 0.3) is 15.9 Å². The van der Waals surface area contributed by atoms with Gasteiger partial charge in [-0.3, -0.25) is 9.52 Å². The summed E-state index contributed by atoms with van der Waals surface area (Å²) in [4.78, 5) is 25.6. The molecule has 0 spiro atoms. The van der Waals surface area contributed by atoms with Crippen molar-refractivity contribution in [1.82, 2.24) is 19.8 Å². The van der Waals surface area contributed by atoms with E-state index < -0.39 is 10.0 Å². The SMILES string of the molecule is COc1ccc(Cl)c(Nc2nc3ccccc3nc2NS(=O)(=O)c2cccc(C(=O)N(C)CCCN(C)C)c2)c1. The maximum absolute atomic E-state index is 13.5. The van der Waals surface area contributed by atoms with Crippen LogP contribution in [-0.4, -0.2) is 75.4 Å². The zero-order valence-corrected chi connectivity index (χ0v) is 24.3. The van der Waals surface area contributed by atoms with Gasteiger partial charge in [-0.05, 0) is 69.5 Å². The molecule has 4 aromatic rings. The Morgan fingerprint density at radius 3 is 2.30 bits per heavy atom. The second-order valence-electron chi connectivity index (χ2n) is 9.40. The van der Waals surface area contributed by atoms with E-state index in [1.807, 2.05) is 25.1 Å². The van der Waals surface area contributed by atoms with Crippen LogP contribution in [0.3, 0.4) is 0 Å². The topological polar surface area (TPSA) is 117 Å². The number of hydrogen-bond acceptors (Lipinski definition) is 8. The zero-order chi connectivity index (χ0) is 28.9. The number of carbonyl (C=O) groups excluding carboxylic acids is 1. The number of nitrogens with one attached hydrogen (secondary N) is 2. The minimum Gasteiger partial charge on any atom is -0.497 e. The predicted octanol–water partition coefficient (Wildman–Crippen LogP) is 4.86. The van der Waals surface area contributed by atoms with Crippen LogP contribution >= 0.6 is 11.6 Å². The molecule has 40 heavy (non-hydrogen) atoms. The quantitative estimate of drug-likeness (QED) is 0.257. The van der Waals surface area contributed by atoms with Gasteiger partial charge in [0.1, 0.15) is 5.75 Å². The highest BCUT2D eigenvalue weighted by atomic mass is 35.5. The van der Waals surface area contributed by atoms with Crippen LogP contribution in [0.25, 0.3) is 11.0 Å². The second kappa shape index (κ2) is 12.5. The Bertz CT molecular complexity index is 1630. The first kappa shape index (κ1) is 29.1. The smallest absolute Gasteiger partial charge is 0.263 e. The lowest BCUT2D eigenvalue weighted by Gasteiger charge is -2.19. The summed E-state index contributed by atoms with van der Waals surface area (Å²) in [6.45, 7) is 1.38. The number of aromatic nitrogens is 2. The summed E-state index contributed by atoms with van der Waals surface area (Å²) in [6.07, 6.45) is 0.794. The Labute approximate surface area is 239 Å². The minimum absolute atomic E-state index is 0.0323. The van der Waals surface area contributed by atoms with Crippen molar-refractivity contribution in [2.24, 2.45) is 0 Å². The molecule has 12 heteroatoms. The first-order valence-electron chi connectivity index (χ1n) is 12.5. The van der Waals surface area contributed by atoms with Gasteiger partial charge >= 0.3 is 0 Å². The maximum Gasteiger partial charge on any atom is 0.263 e. The molecule has 0 atom stereocenters. The molecule has 1 heterocycles. The van der Waals surface area contributed by atoms with Crippen molar-refractivity contribution < 1.29 is 17.9 Å². The number of para-hydroxylation sites is 2. The minimum atomic E-state index is -4.16. The number of anilines is 3. The number of carbonyl (C=O) groups is 1. The molecule has 0 bridgehead atoms. The van der Waals surface area contributed by atoms with Gasteiger partial charge in [0.05, 0.1) is 33.7 Å². The van der Waals surface area contributed by atoms with Crippen LogP contribution in [0, 0.1) is 0 Å². The molecule has 0 fully saturated rings. The van der Waals surface area contributed by atoms with Crippen molar-refractivity contribution >= 4 is 55.9 Å². The van der Waals surface area contributed by atoms with Crippen molar-refractivity contribution in [3.05, 3.63) is 77.3 Å². The summed E-state index contributed by atoms with van der Waals surface area (Å²) in [5.41, 5.74) is 1.76. The number of methoxy groups -OCH3 is 1. The third-order valence-corrected chi connectivity index (χ3v) is 7.73. The van der Waals surface area contributed by atoms with Crippen molar-refractivity contribution in [2.45, 2.75) is 11.3 Å². The van der Waals surface area contributed by atoms with E-state index in [0.29, 0.717) is 34.0 Å². The van der Waals surface area contributed by atoms with Crippen LogP contribution < -0.4 is 14.8 Å². The second-order valence-corrected chi connectivity index (χ2v) is 11.5. The summed E-state index contributed by atoms with van der Waals surface area (Å²) < 4.78 is 34.9. The molecular formula is C28H31ClN6O4S. The normalized spacial score (nSPS) is 11.4. The van der Waals surface area contributed by atoms with E-state index in [-0.39, 0.29) is 28.0 Å². The van der Waals surface area contributed by atoms with Gasteiger partial charge in [0.2, 0.25) is 0 Å². The van der Waals surface area contributed by atoms with Gasteiger partial charge in [0, 0.05) is 25.2 Å². The van der Waals surface area contributed by atoms with Crippen LogP contribution in [0.15, 0.2) is 71.6 Å². The molecule has 1 amide bonds. The number of nitrogens with zero attached hydrogens (tertiary/aromatic N) is 4. The molecule has 0 aliphatic carbocycles. The van der Waals surface area contributed by atoms with E-state index >= 15 is 0 Å². The largest absolute Gasteiger partial charge is 0.497 e. The molecular weight excluding hydrogens is 552 g/mol. The number of amides is 1. The average molecular weight is 583 g/mol. The van der Waals surface area contributed by atoms with Crippen molar-refractivity contribution in [3.63, 3.8) is 0 Å². The Morgan fingerprint density at radius 2 is 1.62 bits per heavy atom. The van der Waals surface area contributed by atoms with Crippen molar-refractivity contribution in [1.29, 1.82) is 0 Å². The summed E-state index contributed by atoms with van der Waals surface area (Å²) in [5, 5.41) is 3.46. The van der Waals surface area contributed by atoms with Crippen molar-refractivity contribution in [2.75, 3.05) is 51.4 Å². The Morgan fingerprint density at radius 1 is 0.925 bits per heavy atom. The molecule has 0 unspecified atom stereocenters. The fraction of sp³-hybridized carbons (Fsp3) is 0.250. The predicted molar refractivity (Wildman–Crippen MR) is 158 cm³/mol. The molecule has 0 radical (unpaired) electrons.